The van der Waals surface area contributed by atoms with E-state index in [2.05, 4.69) is 48.3 Å². The molecule has 0 aliphatic carbocycles. The van der Waals surface area contributed by atoms with Gasteiger partial charge in [-0.1, -0.05) is 38.1 Å². The minimum atomic E-state index is -1.17. The number of anilines is 1. The Morgan fingerprint density at radius 3 is 2.39 bits per heavy atom. The molecule has 1 amide bonds. The van der Waals surface area contributed by atoms with Crippen molar-refractivity contribution in [2.45, 2.75) is 78.4 Å². The zero-order chi connectivity index (χ0) is 27.7. The zero-order valence-corrected chi connectivity index (χ0v) is 23.8. The first kappa shape index (κ1) is 29.3. The van der Waals surface area contributed by atoms with Gasteiger partial charge in [0.25, 0.3) is 0 Å². The van der Waals surface area contributed by atoms with Crippen LogP contribution >= 0.6 is 0 Å². The summed E-state index contributed by atoms with van der Waals surface area (Å²) in [6.07, 6.45) is 4.74. The molecule has 38 heavy (non-hydrogen) atoms. The van der Waals surface area contributed by atoms with Crippen LogP contribution in [0.15, 0.2) is 42.5 Å². The lowest BCUT2D eigenvalue weighted by Crippen LogP contribution is -2.39. The van der Waals surface area contributed by atoms with E-state index in [0.717, 1.165) is 25.1 Å². The molecule has 1 unspecified atom stereocenters. The van der Waals surface area contributed by atoms with Gasteiger partial charge in [-0.25, -0.2) is 4.79 Å². The number of esters is 1. The lowest BCUT2D eigenvalue weighted by molar-refractivity contribution is -0.158. The molecule has 0 saturated carbocycles. The third kappa shape index (κ3) is 7.89. The molecule has 2 aromatic rings. The number of nitrogens with one attached hydrogen (secondary N) is 1. The van der Waals surface area contributed by atoms with E-state index in [-0.39, 0.29) is 25.0 Å². The molecular formula is C31H44N2O5. The predicted octanol–water partition coefficient (Wildman–Crippen LogP) is 5.85. The molecule has 1 atom stereocenters. The number of amides is 1. The Bertz CT molecular complexity index is 1080. The SMILES string of the molecule is CCOC(=O)C(C)(C)Oc1ccc(CC(=O)NC(CC(C)C)c2ccccc2N2CCCCC2)cc1OC. The summed E-state index contributed by atoms with van der Waals surface area (Å²) in [7, 11) is 1.54. The summed E-state index contributed by atoms with van der Waals surface area (Å²) in [6, 6.07) is 13.8. The van der Waals surface area contributed by atoms with E-state index >= 15 is 0 Å². The molecule has 1 saturated heterocycles. The van der Waals surface area contributed by atoms with E-state index in [9.17, 15) is 9.59 Å². The van der Waals surface area contributed by atoms with E-state index in [1.165, 1.54) is 30.5 Å². The number of rotatable bonds is 12. The zero-order valence-electron chi connectivity index (χ0n) is 23.8. The number of benzene rings is 2. The van der Waals surface area contributed by atoms with Crippen molar-refractivity contribution in [1.82, 2.24) is 5.32 Å². The smallest absolute Gasteiger partial charge is 0.349 e. The first-order valence-electron chi connectivity index (χ1n) is 13.8. The van der Waals surface area contributed by atoms with Crippen LogP contribution in [-0.2, 0) is 20.7 Å². The third-order valence-corrected chi connectivity index (χ3v) is 6.78. The molecule has 0 spiro atoms. The number of carbonyl (C=O) groups excluding carboxylic acids is 2. The fourth-order valence-electron chi connectivity index (χ4n) is 4.90. The van der Waals surface area contributed by atoms with E-state index in [1.54, 1.807) is 40.0 Å². The second-order valence-corrected chi connectivity index (χ2v) is 10.9. The Hall–Kier alpha value is -3.22. The molecule has 3 rings (SSSR count). The number of hydrogen-bond acceptors (Lipinski definition) is 6. The van der Waals surface area contributed by atoms with Gasteiger partial charge in [0.05, 0.1) is 26.2 Å². The number of para-hydroxylation sites is 1. The Labute approximate surface area is 227 Å². The fraction of sp³-hybridized carbons (Fsp3) is 0.548. The Kier molecular flexibility index (Phi) is 10.5. The second-order valence-electron chi connectivity index (χ2n) is 10.9. The van der Waals surface area contributed by atoms with Gasteiger partial charge in [-0.15, -0.1) is 0 Å². The lowest BCUT2D eigenvalue weighted by Gasteiger charge is -2.33. The highest BCUT2D eigenvalue weighted by Crippen LogP contribution is 2.34. The van der Waals surface area contributed by atoms with Gasteiger partial charge in [0, 0.05) is 18.8 Å². The van der Waals surface area contributed by atoms with E-state index in [4.69, 9.17) is 14.2 Å². The molecule has 1 aliphatic heterocycles. The molecule has 2 aromatic carbocycles. The first-order valence-corrected chi connectivity index (χ1v) is 13.8. The van der Waals surface area contributed by atoms with Crippen LogP contribution in [0.25, 0.3) is 0 Å². The fourth-order valence-corrected chi connectivity index (χ4v) is 4.90. The van der Waals surface area contributed by atoms with Crippen molar-refractivity contribution in [2.75, 3.05) is 31.7 Å². The number of nitrogens with zero attached hydrogens (tertiary/aromatic N) is 1. The van der Waals surface area contributed by atoms with Crippen LogP contribution in [0.1, 0.15) is 77.5 Å². The predicted molar refractivity (Wildman–Crippen MR) is 151 cm³/mol. The van der Waals surface area contributed by atoms with Gasteiger partial charge in [0.15, 0.2) is 17.1 Å². The summed E-state index contributed by atoms with van der Waals surface area (Å²) in [5.74, 6) is 0.803. The van der Waals surface area contributed by atoms with Crippen molar-refractivity contribution in [3.05, 3.63) is 53.6 Å². The maximum atomic E-state index is 13.3. The molecule has 0 aromatic heterocycles. The molecular weight excluding hydrogens is 480 g/mol. The molecule has 1 fully saturated rings. The van der Waals surface area contributed by atoms with Gasteiger partial charge in [-0.2, -0.15) is 0 Å². The van der Waals surface area contributed by atoms with Crippen LogP contribution in [0, 0.1) is 5.92 Å². The molecule has 7 heteroatoms. The van der Waals surface area contributed by atoms with Gasteiger partial charge in [-0.05, 0) is 81.7 Å². The Balaban J connectivity index is 1.76. The molecule has 7 nitrogen and oxygen atoms in total. The minimum absolute atomic E-state index is 0.0494. The van der Waals surface area contributed by atoms with Gasteiger partial charge >= 0.3 is 5.97 Å². The van der Waals surface area contributed by atoms with Gasteiger partial charge in [-0.3, -0.25) is 4.79 Å². The topological polar surface area (TPSA) is 77.1 Å². The number of piperidine rings is 1. The molecule has 208 valence electrons. The summed E-state index contributed by atoms with van der Waals surface area (Å²) in [4.78, 5) is 28.0. The number of carbonyl (C=O) groups is 2. The maximum absolute atomic E-state index is 13.3. The second kappa shape index (κ2) is 13.5. The molecule has 1 aliphatic rings. The van der Waals surface area contributed by atoms with Crippen molar-refractivity contribution >= 4 is 17.6 Å². The summed E-state index contributed by atoms with van der Waals surface area (Å²) < 4.78 is 16.6. The summed E-state index contributed by atoms with van der Waals surface area (Å²) in [5.41, 5.74) is 2.03. The standard InChI is InChI=1S/C31H44N2O5/c1-7-37-30(35)31(4,5)38-27-16-15-23(20-28(27)36-6)21-29(34)32-25(19-22(2)3)24-13-9-10-14-26(24)33-17-11-8-12-18-33/h9-10,13-16,20,22,25H,7-8,11-12,17-19,21H2,1-6H3,(H,32,34). The average Bonchev–Trinajstić information content (AvgIpc) is 2.89. The average molecular weight is 525 g/mol. The van der Waals surface area contributed by atoms with Crippen molar-refractivity contribution in [3.63, 3.8) is 0 Å². The highest BCUT2D eigenvalue weighted by atomic mass is 16.6. The van der Waals surface area contributed by atoms with E-state index < -0.39 is 11.6 Å². The van der Waals surface area contributed by atoms with Crippen LogP contribution < -0.4 is 19.7 Å². The third-order valence-electron chi connectivity index (χ3n) is 6.78. The van der Waals surface area contributed by atoms with Crippen LogP contribution in [0.2, 0.25) is 0 Å². The molecule has 1 heterocycles. The van der Waals surface area contributed by atoms with Crippen molar-refractivity contribution in [2.24, 2.45) is 5.92 Å². The van der Waals surface area contributed by atoms with Gasteiger partial charge < -0.3 is 24.4 Å². The van der Waals surface area contributed by atoms with Crippen molar-refractivity contribution in [1.29, 1.82) is 0 Å². The largest absolute Gasteiger partial charge is 0.493 e. The van der Waals surface area contributed by atoms with Crippen molar-refractivity contribution in [3.8, 4) is 11.5 Å². The highest BCUT2D eigenvalue weighted by molar-refractivity contribution is 5.80. The van der Waals surface area contributed by atoms with E-state index in [0.29, 0.717) is 17.4 Å². The Morgan fingerprint density at radius 1 is 1.03 bits per heavy atom. The van der Waals surface area contributed by atoms with E-state index in [1.807, 2.05) is 6.07 Å². The normalized spacial score (nSPS) is 14.7. The number of methoxy groups -OCH3 is 1. The summed E-state index contributed by atoms with van der Waals surface area (Å²) >= 11 is 0. The highest BCUT2D eigenvalue weighted by Gasteiger charge is 2.32. The monoisotopic (exact) mass is 524 g/mol. The van der Waals surface area contributed by atoms with Gasteiger partial charge in [0.1, 0.15) is 0 Å². The molecule has 0 radical (unpaired) electrons. The van der Waals surface area contributed by atoms with Crippen LogP contribution in [-0.4, -0.2) is 44.3 Å². The van der Waals surface area contributed by atoms with Crippen molar-refractivity contribution < 1.29 is 23.8 Å². The summed E-state index contributed by atoms with van der Waals surface area (Å²) in [5, 5.41) is 3.31. The van der Waals surface area contributed by atoms with Gasteiger partial charge in [0.2, 0.25) is 5.91 Å². The Morgan fingerprint density at radius 2 is 1.74 bits per heavy atom. The quantitative estimate of drug-likeness (QED) is 0.351. The van der Waals surface area contributed by atoms with Crippen LogP contribution in [0.4, 0.5) is 5.69 Å². The molecule has 1 N–H and O–H groups in total. The number of ether oxygens (including phenoxy) is 3. The molecule has 0 bridgehead atoms. The number of hydrogen-bond donors (Lipinski definition) is 1. The maximum Gasteiger partial charge on any atom is 0.349 e. The first-order chi connectivity index (χ1) is 18.1. The van der Waals surface area contributed by atoms with Crippen LogP contribution in [0.5, 0.6) is 11.5 Å². The lowest BCUT2D eigenvalue weighted by atomic mass is 9.94. The minimum Gasteiger partial charge on any atom is -0.493 e. The summed E-state index contributed by atoms with van der Waals surface area (Å²) in [6.45, 7) is 11.8. The van der Waals surface area contributed by atoms with Crippen LogP contribution in [0.3, 0.4) is 0 Å².